The number of aliphatic hydroxyl groups is 2. The molecular formula is C23H31NO4. The molecular weight excluding hydrogens is 354 g/mol. The van der Waals surface area contributed by atoms with Crippen LogP contribution in [0.15, 0.2) is 23.3 Å². The van der Waals surface area contributed by atoms with Gasteiger partial charge in [0, 0.05) is 29.8 Å². The molecule has 8 atom stereocenters. The molecule has 5 heteroatoms. The maximum Gasteiger partial charge on any atom is 0.309 e. The molecule has 1 spiro atoms. The van der Waals surface area contributed by atoms with Gasteiger partial charge in [-0.2, -0.15) is 0 Å². The standard InChI is InChI=1S/C23H31NO4/c1-13-10-24-11-15-5-3-14-4-6-16-17(20(26)28-2)9-22(19(14)16)21(15,12-25)8-7-18(13)23(22,24)27/h7-8,13,15-18,25,27H,3-6,9-12H2,1-2H3/t13-,15?,16-,17-,18?,21?,22-,23?/m1/s1. The number of hydrogen-bond acceptors (Lipinski definition) is 5. The van der Waals surface area contributed by atoms with E-state index in [1.807, 2.05) is 0 Å². The van der Waals surface area contributed by atoms with Crippen LogP contribution in [0.5, 0.6) is 0 Å². The van der Waals surface area contributed by atoms with E-state index in [2.05, 4.69) is 24.0 Å². The molecule has 1 saturated carbocycles. The molecule has 0 aromatic carbocycles. The number of methoxy groups -OCH3 is 1. The second kappa shape index (κ2) is 5.30. The van der Waals surface area contributed by atoms with Crippen LogP contribution < -0.4 is 0 Å². The summed E-state index contributed by atoms with van der Waals surface area (Å²) < 4.78 is 5.23. The van der Waals surface area contributed by atoms with Crippen molar-refractivity contribution >= 4 is 5.97 Å². The van der Waals surface area contributed by atoms with Crippen LogP contribution in [0.25, 0.3) is 0 Å². The summed E-state index contributed by atoms with van der Waals surface area (Å²) >= 11 is 0. The first kappa shape index (κ1) is 17.7. The number of piperidine rings is 1. The molecule has 6 aliphatic rings. The first-order valence-corrected chi connectivity index (χ1v) is 11.0. The summed E-state index contributed by atoms with van der Waals surface area (Å²) in [5, 5.41) is 23.5. The second-order valence-electron chi connectivity index (χ2n) is 10.3. The van der Waals surface area contributed by atoms with Crippen LogP contribution >= 0.6 is 0 Å². The van der Waals surface area contributed by atoms with Crippen LogP contribution in [0.3, 0.4) is 0 Å². The van der Waals surface area contributed by atoms with E-state index >= 15 is 0 Å². The average Bonchev–Trinajstić information content (AvgIpc) is 3.31. The van der Waals surface area contributed by atoms with Crippen molar-refractivity contribution in [2.75, 3.05) is 26.8 Å². The van der Waals surface area contributed by atoms with Crippen LogP contribution in [0.1, 0.15) is 39.0 Å². The summed E-state index contributed by atoms with van der Waals surface area (Å²) in [4.78, 5) is 15.2. The predicted octanol–water partition coefficient (Wildman–Crippen LogP) is 2.10. The molecule has 152 valence electrons. The fourth-order valence-corrected chi connectivity index (χ4v) is 8.91. The summed E-state index contributed by atoms with van der Waals surface area (Å²) in [5.41, 5.74) is 0.779. The average molecular weight is 386 g/mol. The third-order valence-electron chi connectivity index (χ3n) is 9.80. The van der Waals surface area contributed by atoms with E-state index < -0.39 is 16.6 Å². The van der Waals surface area contributed by atoms with Gasteiger partial charge in [0.2, 0.25) is 0 Å². The van der Waals surface area contributed by atoms with Crippen molar-refractivity contribution in [3.63, 3.8) is 0 Å². The number of carbonyl (C=O) groups excluding carboxylic acids is 1. The molecule has 3 fully saturated rings. The summed E-state index contributed by atoms with van der Waals surface area (Å²) in [6, 6.07) is 0. The number of nitrogens with zero attached hydrogens (tertiary/aromatic N) is 1. The van der Waals surface area contributed by atoms with E-state index in [0.717, 1.165) is 38.8 Å². The zero-order valence-corrected chi connectivity index (χ0v) is 16.9. The number of esters is 1. The molecule has 0 amide bonds. The van der Waals surface area contributed by atoms with Gasteiger partial charge in [0.15, 0.2) is 0 Å². The number of carbonyl (C=O) groups is 1. The Morgan fingerprint density at radius 3 is 2.86 bits per heavy atom. The maximum atomic E-state index is 12.8. The Morgan fingerprint density at radius 1 is 1.32 bits per heavy atom. The zero-order valence-electron chi connectivity index (χ0n) is 16.9. The summed E-state index contributed by atoms with van der Waals surface area (Å²) in [5.74, 6) is 0.556. The Balaban J connectivity index is 1.68. The monoisotopic (exact) mass is 385 g/mol. The van der Waals surface area contributed by atoms with Gasteiger partial charge in [0.1, 0.15) is 5.72 Å². The Morgan fingerprint density at radius 2 is 2.11 bits per heavy atom. The van der Waals surface area contributed by atoms with Crippen molar-refractivity contribution < 1.29 is 19.7 Å². The van der Waals surface area contributed by atoms with Crippen LogP contribution in [0.2, 0.25) is 0 Å². The minimum atomic E-state index is -1.00. The summed E-state index contributed by atoms with van der Waals surface area (Å²) in [7, 11) is 1.48. The SMILES string of the molecule is COC(=O)[C@@H]1C[C@@]23C4=C(CCC5CN6C[C@@H](C)C(C=CC52CO)C63O)CC[C@@H]41. The van der Waals surface area contributed by atoms with E-state index in [-0.39, 0.29) is 30.3 Å². The van der Waals surface area contributed by atoms with Crippen LogP contribution in [0, 0.1) is 40.4 Å². The van der Waals surface area contributed by atoms with Gasteiger partial charge in [-0.15, -0.1) is 0 Å². The molecule has 2 N–H and O–H groups in total. The number of hydrogen-bond donors (Lipinski definition) is 2. The minimum Gasteiger partial charge on any atom is -0.469 e. The third kappa shape index (κ3) is 1.57. The molecule has 0 radical (unpaired) electrons. The van der Waals surface area contributed by atoms with E-state index in [0.29, 0.717) is 18.3 Å². The Bertz CT molecular complexity index is 819. The lowest BCUT2D eigenvalue weighted by atomic mass is 9.44. The van der Waals surface area contributed by atoms with Crippen molar-refractivity contribution in [1.82, 2.24) is 4.90 Å². The van der Waals surface area contributed by atoms with Crippen molar-refractivity contribution in [3.8, 4) is 0 Å². The Labute approximate surface area is 166 Å². The Hall–Kier alpha value is -1.17. The first-order valence-electron chi connectivity index (χ1n) is 11.0. The van der Waals surface area contributed by atoms with Gasteiger partial charge >= 0.3 is 5.97 Å². The molecule has 0 aromatic rings. The third-order valence-corrected chi connectivity index (χ3v) is 9.80. The fraction of sp³-hybridized carbons (Fsp3) is 0.783. The van der Waals surface area contributed by atoms with Crippen LogP contribution in [-0.2, 0) is 9.53 Å². The number of rotatable bonds is 2. The maximum absolute atomic E-state index is 12.8. The van der Waals surface area contributed by atoms with Crippen molar-refractivity contribution in [1.29, 1.82) is 0 Å². The molecule has 4 aliphatic carbocycles. The quantitative estimate of drug-likeness (QED) is 0.563. The van der Waals surface area contributed by atoms with Crippen molar-refractivity contribution in [2.45, 2.75) is 44.8 Å². The highest BCUT2D eigenvalue weighted by Gasteiger charge is 2.80. The van der Waals surface area contributed by atoms with Crippen LogP contribution in [0.4, 0.5) is 0 Å². The van der Waals surface area contributed by atoms with Crippen molar-refractivity contribution in [2.24, 2.45) is 40.4 Å². The Kier molecular flexibility index (Phi) is 3.34. The molecule has 0 aromatic heterocycles. The minimum absolute atomic E-state index is 0.0445. The van der Waals surface area contributed by atoms with E-state index in [1.165, 1.54) is 18.3 Å². The highest BCUT2D eigenvalue weighted by atomic mass is 16.5. The zero-order chi connectivity index (χ0) is 19.5. The lowest BCUT2D eigenvalue weighted by Gasteiger charge is -2.67. The molecule has 2 saturated heterocycles. The molecule has 6 rings (SSSR count). The highest BCUT2D eigenvalue weighted by molar-refractivity contribution is 5.75. The lowest BCUT2D eigenvalue weighted by Crippen LogP contribution is -2.74. The van der Waals surface area contributed by atoms with Crippen molar-refractivity contribution in [3.05, 3.63) is 23.3 Å². The second-order valence-corrected chi connectivity index (χ2v) is 10.3. The molecule has 4 bridgehead atoms. The lowest BCUT2D eigenvalue weighted by molar-refractivity contribution is -0.270. The summed E-state index contributed by atoms with van der Waals surface area (Å²) in [6.07, 6.45) is 9.22. The van der Waals surface area contributed by atoms with Gasteiger partial charge < -0.3 is 14.9 Å². The smallest absolute Gasteiger partial charge is 0.309 e. The number of aliphatic hydroxyl groups excluding tert-OH is 1. The van der Waals surface area contributed by atoms with Gasteiger partial charge in [0.25, 0.3) is 0 Å². The molecule has 28 heavy (non-hydrogen) atoms. The fourth-order valence-electron chi connectivity index (χ4n) is 8.91. The first-order chi connectivity index (χ1) is 13.4. The molecule has 4 unspecified atom stereocenters. The summed E-state index contributed by atoms with van der Waals surface area (Å²) in [6.45, 7) is 4.02. The van der Waals surface area contributed by atoms with Gasteiger partial charge in [-0.1, -0.05) is 30.2 Å². The van der Waals surface area contributed by atoms with Gasteiger partial charge in [-0.05, 0) is 49.9 Å². The van der Waals surface area contributed by atoms with E-state index in [4.69, 9.17) is 4.74 Å². The van der Waals surface area contributed by atoms with Crippen LogP contribution in [-0.4, -0.2) is 53.6 Å². The normalized spacial score (nSPS) is 53.4. The van der Waals surface area contributed by atoms with Gasteiger partial charge in [0.05, 0.1) is 19.6 Å². The molecule has 2 heterocycles. The topological polar surface area (TPSA) is 70.0 Å². The molecule has 5 nitrogen and oxygen atoms in total. The number of ether oxygens (including phenoxy) is 1. The number of allylic oxidation sites excluding steroid dienone is 1. The van der Waals surface area contributed by atoms with E-state index in [1.54, 1.807) is 0 Å². The molecule has 2 aliphatic heterocycles. The predicted molar refractivity (Wildman–Crippen MR) is 103 cm³/mol. The highest BCUT2D eigenvalue weighted by Crippen LogP contribution is 2.78. The van der Waals surface area contributed by atoms with E-state index in [9.17, 15) is 15.0 Å². The van der Waals surface area contributed by atoms with Gasteiger partial charge in [-0.25, -0.2) is 0 Å². The largest absolute Gasteiger partial charge is 0.469 e. The van der Waals surface area contributed by atoms with Gasteiger partial charge in [-0.3, -0.25) is 9.69 Å².